The first-order chi connectivity index (χ1) is 9.29. The summed E-state index contributed by atoms with van der Waals surface area (Å²) in [6.45, 7) is 3.28. The number of hydrogen-bond acceptors (Lipinski definition) is 5. The van der Waals surface area contributed by atoms with Gasteiger partial charge >= 0.3 is 0 Å². The zero-order valence-corrected chi connectivity index (χ0v) is 10.7. The molecule has 1 aromatic heterocycles. The summed E-state index contributed by atoms with van der Waals surface area (Å²) in [7, 11) is 0. The number of nitrogens with one attached hydrogen (secondary N) is 2. The Labute approximate surface area is 111 Å². The second kappa shape index (κ2) is 6.53. The number of rotatable bonds is 6. The number of aromatic nitrogens is 2. The summed E-state index contributed by atoms with van der Waals surface area (Å²) >= 11 is 0. The monoisotopic (exact) mass is 260 g/mol. The van der Waals surface area contributed by atoms with Crippen molar-refractivity contribution in [1.82, 2.24) is 15.5 Å². The predicted octanol–water partition coefficient (Wildman–Crippen LogP) is 1.82. The topological polar surface area (TPSA) is 80.0 Å². The molecule has 100 valence electrons. The van der Waals surface area contributed by atoms with E-state index >= 15 is 0 Å². The van der Waals surface area contributed by atoms with Gasteiger partial charge in [-0.15, -0.1) is 0 Å². The fraction of sp³-hybridized carbons (Fsp3) is 0.308. The second-order valence-electron chi connectivity index (χ2n) is 4.03. The van der Waals surface area contributed by atoms with Crippen LogP contribution in [0, 0.1) is 0 Å². The van der Waals surface area contributed by atoms with Gasteiger partial charge in [-0.25, -0.2) is 0 Å². The minimum Gasteiger partial charge on any atom is -0.385 e. The highest BCUT2D eigenvalue weighted by Crippen LogP contribution is 2.09. The first-order valence-electron chi connectivity index (χ1n) is 6.17. The number of benzene rings is 1. The standard InChI is InChI=1S/C13H16N4O2/c1-2-7-14-11-5-3-10(4-6-11)13(18)15-8-12-16-9-19-17-12/h3-6,9,14H,2,7-8H2,1H3,(H,15,18). The molecule has 2 N–H and O–H groups in total. The highest BCUT2D eigenvalue weighted by Gasteiger charge is 2.06. The van der Waals surface area contributed by atoms with E-state index in [4.69, 9.17) is 0 Å². The van der Waals surface area contributed by atoms with Gasteiger partial charge in [0.1, 0.15) is 0 Å². The van der Waals surface area contributed by atoms with Crippen LogP contribution in [0.25, 0.3) is 0 Å². The van der Waals surface area contributed by atoms with E-state index in [2.05, 4.69) is 32.2 Å². The van der Waals surface area contributed by atoms with Crippen LogP contribution in [0.4, 0.5) is 5.69 Å². The van der Waals surface area contributed by atoms with Crippen molar-refractivity contribution in [2.24, 2.45) is 0 Å². The highest BCUT2D eigenvalue weighted by molar-refractivity contribution is 5.94. The van der Waals surface area contributed by atoms with E-state index in [-0.39, 0.29) is 12.5 Å². The Balaban J connectivity index is 1.88. The summed E-state index contributed by atoms with van der Waals surface area (Å²) in [4.78, 5) is 15.7. The predicted molar refractivity (Wildman–Crippen MR) is 70.7 cm³/mol. The Hall–Kier alpha value is -2.37. The van der Waals surface area contributed by atoms with Gasteiger partial charge in [0, 0.05) is 17.8 Å². The number of nitrogens with zero attached hydrogens (tertiary/aromatic N) is 2. The lowest BCUT2D eigenvalue weighted by molar-refractivity contribution is 0.0949. The number of hydrogen-bond donors (Lipinski definition) is 2. The van der Waals surface area contributed by atoms with Crippen LogP contribution in [-0.2, 0) is 6.54 Å². The summed E-state index contributed by atoms with van der Waals surface area (Å²) in [5.74, 6) is 0.293. The first kappa shape index (κ1) is 13.1. The van der Waals surface area contributed by atoms with Gasteiger partial charge < -0.3 is 15.2 Å². The summed E-state index contributed by atoms with van der Waals surface area (Å²) in [5.41, 5.74) is 1.61. The molecular weight excluding hydrogens is 244 g/mol. The molecule has 0 atom stereocenters. The SMILES string of the molecule is CCCNc1ccc(C(=O)NCc2ncon2)cc1. The molecule has 0 bridgehead atoms. The maximum atomic E-state index is 11.8. The van der Waals surface area contributed by atoms with Gasteiger partial charge in [-0.1, -0.05) is 12.1 Å². The van der Waals surface area contributed by atoms with Crippen molar-refractivity contribution in [2.75, 3.05) is 11.9 Å². The van der Waals surface area contributed by atoms with Gasteiger partial charge in [-0.2, -0.15) is 4.98 Å². The Bertz CT molecular complexity index is 508. The third-order valence-electron chi connectivity index (χ3n) is 2.54. The fourth-order valence-corrected chi connectivity index (χ4v) is 1.54. The van der Waals surface area contributed by atoms with Crippen molar-refractivity contribution in [2.45, 2.75) is 19.9 Å². The normalized spacial score (nSPS) is 10.2. The lowest BCUT2D eigenvalue weighted by atomic mass is 10.2. The zero-order valence-electron chi connectivity index (χ0n) is 10.7. The molecule has 0 fully saturated rings. The van der Waals surface area contributed by atoms with E-state index < -0.39 is 0 Å². The molecule has 0 aliphatic rings. The van der Waals surface area contributed by atoms with Gasteiger partial charge in [-0.05, 0) is 30.7 Å². The highest BCUT2D eigenvalue weighted by atomic mass is 16.5. The molecule has 2 rings (SSSR count). The maximum Gasteiger partial charge on any atom is 0.251 e. The summed E-state index contributed by atoms with van der Waals surface area (Å²) < 4.78 is 4.59. The summed E-state index contributed by atoms with van der Waals surface area (Å²) in [6.07, 6.45) is 2.29. The molecule has 2 aromatic rings. The van der Waals surface area contributed by atoms with Crippen LogP contribution in [0.15, 0.2) is 35.2 Å². The van der Waals surface area contributed by atoms with Crippen molar-refractivity contribution >= 4 is 11.6 Å². The molecule has 6 heteroatoms. The van der Waals surface area contributed by atoms with Crippen LogP contribution >= 0.6 is 0 Å². The minimum absolute atomic E-state index is 0.160. The van der Waals surface area contributed by atoms with E-state index in [1.54, 1.807) is 12.1 Å². The average Bonchev–Trinajstić information content (AvgIpc) is 2.96. The maximum absolute atomic E-state index is 11.8. The van der Waals surface area contributed by atoms with Gasteiger partial charge in [0.05, 0.1) is 6.54 Å². The number of carbonyl (C=O) groups excluding carboxylic acids is 1. The fourth-order valence-electron chi connectivity index (χ4n) is 1.54. The molecule has 0 unspecified atom stereocenters. The summed E-state index contributed by atoms with van der Waals surface area (Å²) in [6, 6.07) is 7.34. The molecule has 1 heterocycles. The average molecular weight is 260 g/mol. The molecule has 0 aliphatic heterocycles. The van der Waals surface area contributed by atoms with Crippen molar-refractivity contribution in [3.63, 3.8) is 0 Å². The second-order valence-corrected chi connectivity index (χ2v) is 4.03. The van der Waals surface area contributed by atoms with Crippen molar-refractivity contribution in [3.05, 3.63) is 42.0 Å². The molecular formula is C13H16N4O2. The van der Waals surface area contributed by atoms with Gasteiger partial charge in [0.25, 0.3) is 5.91 Å². The van der Waals surface area contributed by atoms with E-state index in [0.717, 1.165) is 18.7 Å². The zero-order chi connectivity index (χ0) is 13.5. The van der Waals surface area contributed by atoms with Crippen LogP contribution in [0.5, 0.6) is 0 Å². The van der Waals surface area contributed by atoms with E-state index in [9.17, 15) is 4.79 Å². The Morgan fingerprint density at radius 2 is 2.11 bits per heavy atom. The first-order valence-corrected chi connectivity index (χ1v) is 6.17. The smallest absolute Gasteiger partial charge is 0.251 e. The lowest BCUT2D eigenvalue weighted by Crippen LogP contribution is -2.23. The van der Waals surface area contributed by atoms with E-state index in [1.807, 2.05) is 12.1 Å². The lowest BCUT2D eigenvalue weighted by Gasteiger charge is -2.06. The molecule has 0 aliphatic carbocycles. The molecule has 0 radical (unpaired) electrons. The third kappa shape index (κ3) is 3.80. The molecule has 0 saturated heterocycles. The van der Waals surface area contributed by atoms with Crippen molar-refractivity contribution in [1.29, 1.82) is 0 Å². The molecule has 6 nitrogen and oxygen atoms in total. The molecule has 0 saturated carbocycles. The Kier molecular flexibility index (Phi) is 4.49. The van der Waals surface area contributed by atoms with Crippen LogP contribution in [-0.4, -0.2) is 22.6 Å². The van der Waals surface area contributed by atoms with E-state index in [0.29, 0.717) is 11.4 Å². The quantitative estimate of drug-likeness (QED) is 0.828. The number of carbonyl (C=O) groups is 1. The van der Waals surface area contributed by atoms with Gasteiger partial charge in [0.2, 0.25) is 6.39 Å². The van der Waals surface area contributed by atoms with Crippen LogP contribution in [0.3, 0.4) is 0 Å². The minimum atomic E-state index is -0.160. The van der Waals surface area contributed by atoms with Crippen LogP contribution in [0.1, 0.15) is 29.5 Å². The van der Waals surface area contributed by atoms with Crippen molar-refractivity contribution < 1.29 is 9.32 Å². The summed E-state index contributed by atoms with van der Waals surface area (Å²) in [5, 5.41) is 9.59. The van der Waals surface area contributed by atoms with Crippen LogP contribution < -0.4 is 10.6 Å². The third-order valence-corrected chi connectivity index (χ3v) is 2.54. The van der Waals surface area contributed by atoms with Gasteiger partial charge in [-0.3, -0.25) is 4.79 Å². The molecule has 19 heavy (non-hydrogen) atoms. The van der Waals surface area contributed by atoms with Crippen LogP contribution in [0.2, 0.25) is 0 Å². The number of amides is 1. The van der Waals surface area contributed by atoms with Crippen molar-refractivity contribution in [3.8, 4) is 0 Å². The Morgan fingerprint density at radius 3 is 2.74 bits per heavy atom. The molecule has 0 spiro atoms. The Morgan fingerprint density at radius 1 is 1.32 bits per heavy atom. The van der Waals surface area contributed by atoms with Gasteiger partial charge in [0.15, 0.2) is 5.82 Å². The molecule has 1 aromatic carbocycles. The van der Waals surface area contributed by atoms with E-state index in [1.165, 1.54) is 6.39 Å². The molecule has 1 amide bonds. The number of anilines is 1. The largest absolute Gasteiger partial charge is 0.385 e.